The van der Waals surface area contributed by atoms with Gasteiger partial charge < -0.3 is 20.3 Å². The number of para-hydroxylation sites is 1. The van der Waals surface area contributed by atoms with Gasteiger partial charge in [-0.25, -0.2) is 0 Å². The highest BCUT2D eigenvalue weighted by molar-refractivity contribution is 5.89. The first-order valence-electron chi connectivity index (χ1n) is 9.41. The molecule has 0 unspecified atom stereocenters. The zero-order chi connectivity index (χ0) is 18.1. The zero-order valence-corrected chi connectivity index (χ0v) is 14.8. The average Bonchev–Trinajstić information content (AvgIpc) is 3.02. The largest absolute Gasteiger partial charge is 0.393 e. The molecule has 0 spiro atoms. The van der Waals surface area contributed by atoms with Crippen LogP contribution in [-0.2, 0) is 16.0 Å². The summed E-state index contributed by atoms with van der Waals surface area (Å²) >= 11 is 0. The fourth-order valence-electron chi connectivity index (χ4n) is 4.02. The molecule has 1 aliphatic carbocycles. The van der Waals surface area contributed by atoms with Crippen molar-refractivity contribution in [2.75, 3.05) is 13.1 Å². The number of hydrogen-bond acceptors (Lipinski definition) is 3. The standard InChI is InChI=1S/C20H25N3O3/c24-16-9-13(10-16)20(26)23-7-5-15(6-8-23)22-19(25)11-14-12-21-18-4-2-1-3-17(14)18/h1-4,12-13,15-16,21,24H,5-11H2,(H,22,25). The number of fused-ring (bicyclic) bond motifs is 1. The molecule has 4 rings (SSSR count). The summed E-state index contributed by atoms with van der Waals surface area (Å²) in [4.78, 5) is 29.8. The van der Waals surface area contributed by atoms with Gasteiger partial charge in [0, 0.05) is 42.1 Å². The molecule has 6 heteroatoms. The van der Waals surface area contributed by atoms with Gasteiger partial charge in [-0.05, 0) is 37.3 Å². The van der Waals surface area contributed by atoms with Crippen LogP contribution in [0.3, 0.4) is 0 Å². The van der Waals surface area contributed by atoms with E-state index in [4.69, 9.17) is 0 Å². The number of benzene rings is 1. The number of H-pyrrole nitrogens is 1. The minimum absolute atomic E-state index is 0.00184. The first-order chi connectivity index (χ1) is 12.6. The Hall–Kier alpha value is -2.34. The summed E-state index contributed by atoms with van der Waals surface area (Å²) in [5.74, 6) is 0.193. The number of nitrogens with zero attached hydrogens (tertiary/aromatic N) is 1. The summed E-state index contributed by atoms with van der Waals surface area (Å²) in [6, 6.07) is 8.11. The molecule has 3 N–H and O–H groups in total. The number of rotatable bonds is 4. The second kappa shape index (κ2) is 7.11. The molecule has 1 aromatic heterocycles. The van der Waals surface area contributed by atoms with Crippen LogP contribution in [0.25, 0.3) is 10.9 Å². The van der Waals surface area contributed by atoms with Gasteiger partial charge in [0.25, 0.3) is 0 Å². The van der Waals surface area contributed by atoms with Gasteiger partial charge in [0.2, 0.25) is 11.8 Å². The SMILES string of the molecule is O=C(Cc1c[nH]c2ccccc12)NC1CCN(C(=O)C2CC(O)C2)CC1. The Bertz CT molecular complexity index is 801. The van der Waals surface area contributed by atoms with Gasteiger partial charge in [-0.3, -0.25) is 9.59 Å². The van der Waals surface area contributed by atoms with Gasteiger partial charge in [-0.15, -0.1) is 0 Å². The Kier molecular flexibility index (Phi) is 4.68. The number of hydrogen-bond donors (Lipinski definition) is 3. The average molecular weight is 355 g/mol. The van der Waals surface area contributed by atoms with E-state index in [2.05, 4.69) is 10.3 Å². The monoisotopic (exact) mass is 355 g/mol. The lowest BCUT2D eigenvalue weighted by Crippen LogP contribution is -2.50. The van der Waals surface area contributed by atoms with Crippen LogP contribution in [0.1, 0.15) is 31.2 Å². The summed E-state index contributed by atoms with van der Waals surface area (Å²) in [7, 11) is 0. The molecule has 138 valence electrons. The summed E-state index contributed by atoms with van der Waals surface area (Å²) in [6.07, 6.45) is 4.74. The number of likely N-dealkylation sites (tertiary alicyclic amines) is 1. The maximum atomic E-state index is 12.4. The highest BCUT2D eigenvalue weighted by atomic mass is 16.3. The van der Waals surface area contributed by atoms with Crippen LogP contribution in [0.5, 0.6) is 0 Å². The fraction of sp³-hybridized carbons (Fsp3) is 0.500. The molecular formula is C20H25N3O3. The molecule has 2 amide bonds. The van der Waals surface area contributed by atoms with Crippen molar-refractivity contribution in [1.82, 2.24) is 15.2 Å². The van der Waals surface area contributed by atoms with Crippen LogP contribution in [0.4, 0.5) is 0 Å². The predicted molar refractivity (Wildman–Crippen MR) is 98.5 cm³/mol. The second-order valence-corrected chi connectivity index (χ2v) is 7.53. The lowest BCUT2D eigenvalue weighted by molar-refractivity contribution is -0.143. The third kappa shape index (κ3) is 3.46. The molecule has 1 aromatic carbocycles. The van der Waals surface area contributed by atoms with Gasteiger partial charge in [0.05, 0.1) is 12.5 Å². The van der Waals surface area contributed by atoms with E-state index >= 15 is 0 Å². The number of amides is 2. The Morgan fingerprint density at radius 2 is 1.92 bits per heavy atom. The molecule has 2 aliphatic rings. The summed E-state index contributed by atoms with van der Waals surface area (Å²) in [5.41, 5.74) is 2.05. The molecule has 0 bridgehead atoms. The van der Waals surface area contributed by atoms with E-state index in [-0.39, 0.29) is 29.9 Å². The summed E-state index contributed by atoms with van der Waals surface area (Å²) in [5, 5.41) is 13.6. The van der Waals surface area contributed by atoms with E-state index in [9.17, 15) is 14.7 Å². The second-order valence-electron chi connectivity index (χ2n) is 7.53. The quantitative estimate of drug-likeness (QED) is 0.778. The molecule has 2 heterocycles. The normalized spacial score (nSPS) is 23.7. The molecule has 6 nitrogen and oxygen atoms in total. The van der Waals surface area contributed by atoms with Crippen LogP contribution >= 0.6 is 0 Å². The topological polar surface area (TPSA) is 85.4 Å². The van der Waals surface area contributed by atoms with Gasteiger partial charge in [-0.1, -0.05) is 18.2 Å². The Labute approximate surface area is 152 Å². The zero-order valence-electron chi connectivity index (χ0n) is 14.8. The number of aliphatic hydroxyl groups excluding tert-OH is 1. The molecular weight excluding hydrogens is 330 g/mol. The smallest absolute Gasteiger partial charge is 0.225 e. The highest BCUT2D eigenvalue weighted by Crippen LogP contribution is 2.30. The van der Waals surface area contributed by atoms with Crippen LogP contribution in [0.2, 0.25) is 0 Å². The third-order valence-electron chi connectivity index (χ3n) is 5.66. The minimum atomic E-state index is -0.301. The maximum absolute atomic E-state index is 12.4. The lowest BCUT2D eigenvalue weighted by atomic mass is 9.81. The molecule has 1 aliphatic heterocycles. The van der Waals surface area contributed by atoms with E-state index in [1.54, 1.807) is 0 Å². The van der Waals surface area contributed by atoms with E-state index in [1.165, 1.54) is 0 Å². The number of aliphatic hydroxyl groups is 1. The maximum Gasteiger partial charge on any atom is 0.225 e. The first kappa shape index (κ1) is 17.1. The number of aromatic nitrogens is 1. The Morgan fingerprint density at radius 3 is 2.65 bits per heavy atom. The lowest BCUT2D eigenvalue weighted by Gasteiger charge is -2.38. The van der Waals surface area contributed by atoms with Crippen molar-refractivity contribution in [3.8, 4) is 0 Å². The van der Waals surface area contributed by atoms with Crippen molar-refractivity contribution in [3.05, 3.63) is 36.0 Å². The van der Waals surface area contributed by atoms with Crippen molar-refractivity contribution in [2.24, 2.45) is 5.92 Å². The third-order valence-corrected chi connectivity index (χ3v) is 5.66. The fourth-order valence-corrected chi connectivity index (χ4v) is 4.02. The van der Waals surface area contributed by atoms with Crippen LogP contribution in [-0.4, -0.2) is 52.0 Å². The predicted octanol–water partition coefficient (Wildman–Crippen LogP) is 1.59. The van der Waals surface area contributed by atoms with Crippen LogP contribution in [0, 0.1) is 5.92 Å². The van der Waals surface area contributed by atoms with Gasteiger partial charge in [-0.2, -0.15) is 0 Å². The number of nitrogens with one attached hydrogen (secondary N) is 2. The first-order valence-corrected chi connectivity index (χ1v) is 9.41. The van der Waals surface area contributed by atoms with E-state index in [0.717, 1.165) is 29.3 Å². The molecule has 0 radical (unpaired) electrons. The Balaban J connectivity index is 1.26. The van der Waals surface area contributed by atoms with Crippen LogP contribution < -0.4 is 5.32 Å². The van der Waals surface area contributed by atoms with E-state index < -0.39 is 0 Å². The molecule has 2 fully saturated rings. The van der Waals surface area contributed by atoms with Crippen molar-refractivity contribution in [3.63, 3.8) is 0 Å². The van der Waals surface area contributed by atoms with Gasteiger partial charge >= 0.3 is 0 Å². The number of carbonyl (C=O) groups excluding carboxylic acids is 2. The molecule has 0 atom stereocenters. The Morgan fingerprint density at radius 1 is 1.19 bits per heavy atom. The summed E-state index contributed by atoms with van der Waals surface area (Å²) < 4.78 is 0. The molecule has 1 saturated heterocycles. The van der Waals surface area contributed by atoms with Crippen molar-refractivity contribution < 1.29 is 14.7 Å². The number of piperidine rings is 1. The van der Waals surface area contributed by atoms with Crippen LogP contribution in [0.15, 0.2) is 30.5 Å². The molecule has 2 aromatic rings. The van der Waals surface area contributed by atoms with Crippen molar-refractivity contribution >= 4 is 22.7 Å². The van der Waals surface area contributed by atoms with E-state index in [1.807, 2.05) is 35.4 Å². The summed E-state index contributed by atoms with van der Waals surface area (Å²) in [6.45, 7) is 1.37. The molecule has 1 saturated carbocycles. The minimum Gasteiger partial charge on any atom is -0.393 e. The van der Waals surface area contributed by atoms with E-state index in [0.29, 0.717) is 32.4 Å². The number of carbonyl (C=O) groups is 2. The highest BCUT2D eigenvalue weighted by Gasteiger charge is 2.36. The van der Waals surface area contributed by atoms with Crippen molar-refractivity contribution in [2.45, 2.75) is 44.2 Å². The molecule has 26 heavy (non-hydrogen) atoms. The van der Waals surface area contributed by atoms with Gasteiger partial charge in [0.1, 0.15) is 0 Å². The van der Waals surface area contributed by atoms with Gasteiger partial charge in [0.15, 0.2) is 0 Å². The van der Waals surface area contributed by atoms with Crippen molar-refractivity contribution in [1.29, 1.82) is 0 Å². The number of aromatic amines is 1.